The predicted molar refractivity (Wildman–Crippen MR) is 109 cm³/mol. The summed E-state index contributed by atoms with van der Waals surface area (Å²) in [4.78, 5) is 25.8. The number of sulfone groups is 1. The van der Waals surface area contributed by atoms with Gasteiger partial charge in [-0.2, -0.15) is 10.2 Å². The number of carbonyl (C=O) groups excluding carboxylic acids is 2. The van der Waals surface area contributed by atoms with Crippen LogP contribution in [0.15, 0.2) is 33.1 Å². The first-order valence-corrected chi connectivity index (χ1v) is 11.7. The third kappa shape index (κ3) is 4.41. The molecule has 0 saturated carbocycles. The zero-order chi connectivity index (χ0) is 22.4. The van der Waals surface area contributed by atoms with E-state index in [1.54, 1.807) is 33.1 Å². The fraction of sp³-hybridized carbons (Fsp3) is 0.500. The summed E-state index contributed by atoms with van der Waals surface area (Å²) in [6.07, 6.45) is 1.72. The molecule has 0 aliphatic carbocycles. The van der Waals surface area contributed by atoms with Crippen LogP contribution in [0.3, 0.4) is 0 Å². The summed E-state index contributed by atoms with van der Waals surface area (Å²) in [7, 11) is -2.06. The minimum atomic E-state index is -3.46. The minimum Gasteiger partial charge on any atom is -0.442 e. The number of nitrogens with zero attached hydrogens (tertiary/aromatic N) is 3. The van der Waals surface area contributed by atoms with E-state index in [4.69, 9.17) is 4.74 Å². The molecule has 0 radical (unpaired) electrons. The fourth-order valence-electron chi connectivity index (χ4n) is 2.85. The molecule has 1 atom stereocenters. The lowest BCUT2D eigenvalue weighted by Gasteiger charge is -2.33. The maximum atomic E-state index is 12.8. The molecular formula is C18H25N3O6S2. The minimum absolute atomic E-state index is 0.0914. The van der Waals surface area contributed by atoms with E-state index < -0.39 is 33.0 Å². The molecule has 1 heterocycles. The van der Waals surface area contributed by atoms with Gasteiger partial charge in [-0.05, 0) is 46.1 Å². The first-order valence-electron chi connectivity index (χ1n) is 8.60. The van der Waals surface area contributed by atoms with Gasteiger partial charge >= 0.3 is 6.09 Å². The third-order valence-corrected chi connectivity index (χ3v) is 6.31. The van der Waals surface area contributed by atoms with Gasteiger partial charge in [-0.1, -0.05) is 6.07 Å². The molecular weight excluding hydrogens is 418 g/mol. The maximum Gasteiger partial charge on any atom is 0.435 e. The van der Waals surface area contributed by atoms with Crippen molar-refractivity contribution in [2.45, 2.75) is 48.6 Å². The number of hydroxylamine groups is 2. The molecule has 0 fully saturated rings. The molecule has 1 aromatic rings. The summed E-state index contributed by atoms with van der Waals surface area (Å²) >= 11 is 1.22. The Morgan fingerprint density at radius 2 is 1.93 bits per heavy atom. The average Bonchev–Trinajstić information content (AvgIpc) is 2.83. The summed E-state index contributed by atoms with van der Waals surface area (Å²) in [5, 5.41) is 16.0. The maximum absolute atomic E-state index is 12.8. The summed E-state index contributed by atoms with van der Waals surface area (Å²) in [6, 6.07) is 4.47. The second-order valence-electron chi connectivity index (χ2n) is 7.78. The van der Waals surface area contributed by atoms with Gasteiger partial charge in [-0.25, -0.2) is 18.2 Å². The molecule has 0 bridgehead atoms. The highest BCUT2D eigenvalue weighted by Gasteiger charge is 2.54. The molecule has 1 N–H and O–H groups in total. The molecule has 1 aliphatic heterocycles. The van der Waals surface area contributed by atoms with Crippen molar-refractivity contribution in [3.05, 3.63) is 23.8 Å². The summed E-state index contributed by atoms with van der Waals surface area (Å²) in [5.41, 5.74) is -2.25. The SMILES string of the molecule is CSc1cc(C2=NN(C)C(=O)C2(C)N(O)C(=O)OC(C)(C)C)ccc1S(C)(=O)=O. The first kappa shape index (κ1) is 23.2. The molecule has 1 unspecified atom stereocenters. The number of ether oxygens (including phenoxy) is 1. The number of amides is 2. The van der Waals surface area contributed by atoms with Crippen LogP contribution in [0.4, 0.5) is 4.79 Å². The first-order chi connectivity index (χ1) is 13.1. The van der Waals surface area contributed by atoms with Crippen LogP contribution >= 0.6 is 11.8 Å². The molecule has 11 heteroatoms. The fourth-order valence-corrected chi connectivity index (χ4v) is 4.81. The molecule has 0 saturated heterocycles. The molecule has 0 spiro atoms. The van der Waals surface area contributed by atoms with E-state index in [-0.39, 0.29) is 15.7 Å². The van der Waals surface area contributed by atoms with Crippen molar-refractivity contribution in [2.75, 3.05) is 19.6 Å². The Hall–Kier alpha value is -2.11. The Balaban J connectivity index is 2.57. The lowest BCUT2D eigenvalue weighted by Crippen LogP contribution is -2.59. The van der Waals surface area contributed by atoms with E-state index in [9.17, 15) is 23.2 Å². The zero-order valence-corrected chi connectivity index (χ0v) is 19.0. The monoisotopic (exact) mass is 443 g/mol. The van der Waals surface area contributed by atoms with Crippen molar-refractivity contribution in [1.82, 2.24) is 10.1 Å². The number of hydrogen-bond acceptors (Lipinski definition) is 8. The highest BCUT2D eigenvalue weighted by atomic mass is 32.2. The van der Waals surface area contributed by atoms with Crippen molar-refractivity contribution in [3.63, 3.8) is 0 Å². The van der Waals surface area contributed by atoms with Crippen LogP contribution in [0.1, 0.15) is 33.3 Å². The van der Waals surface area contributed by atoms with Crippen LogP contribution in [0, 0.1) is 0 Å². The van der Waals surface area contributed by atoms with Crippen LogP contribution in [0.5, 0.6) is 0 Å². The lowest BCUT2D eigenvalue weighted by atomic mass is 9.90. The van der Waals surface area contributed by atoms with Crippen LogP contribution in [-0.4, -0.2) is 72.1 Å². The molecule has 2 amide bonds. The number of rotatable bonds is 4. The molecule has 1 aliphatic rings. The highest BCUT2D eigenvalue weighted by molar-refractivity contribution is 7.99. The van der Waals surface area contributed by atoms with Gasteiger partial charge in [0.1, 0.15) is 11.3 Å². The quantitative estimate of drug-likeness (QED) is 0.431. The van der Waals surface area contributed by atoms with Crippen LogP contribution in [-0.2, 0) is 19.4 Å². The topological polar surface area (TPSA) is 117 Å². The Labute approximate surface area is 174 Å². The van der Waals surface area contributed by atoms with Crippen molar-refractivity contribution in [3.8, 4) is 0 Å². The Morgan fingerprint density at radius 1 is 1.34 bits per heavy atom. The van der Waals surface area contributed by atoms with Gasteiger partial charge in [0.15, 0.2) is 15.4 Å². The highest BCUT2D eigenvalue weighted by Crippen LogP contribution is 2.33. The number of hydrazone groups is 1. The molecule has 9 nitrogen and oxygen atoms in total. The van der Waals surface area contributed by atoms with Crippen LogP contribution < -0.4 is 0 Å². The van der Waals surface area contributed by atoms with Crippen molar-refractivity contribution >= 4 is 39.3 Å². The van der Waals surface area contributed by atoms with E-state index in [1.807, 2.05) is 0 Å². The van der Waals surface area contributed by atoms with Gasteiger partial charge < -0.3 is 4.74 Å². The average molecular weight is 444 g/mol. The third-order valence-electron chi connectivity index (χ3n) is 4.25. The van der Waals surface area contributed by atoms with Gasteiger partial charge in [0.25, 0.3) is 5.91 Å². The predicted octanol–water partition coefficient (Wildman–Crippen LogP) is 2.37. The van der Waals surface area contributed by atoms with Gasteiger partial charge in [0, 0.05) is 23.8 Å². The summed E-state index contributed by atoms with van der Waals surface area (Å²) in [5.74, 6) is -0.640. The van der Waals surface area contributed by atoms with Gasteiger partial charge in [-0.15, -0.1) is 11.8 Å². The normalized spacial score (nSPS) is 19.9. The van der Waals surface area contributed by atoms with E-state index in [0.29, 0.717) is 10.5 Å². The second kappa shape index (κ2) is 7.62. The Morgan fingerprint density at radius 3 is 2.41 bits per heavy atom. The molecule has 2 rings (SSSR count). The van der Waals surface area contributed by atoms with Crippen LogP contribution in [0.2, 0.25) is 0 Å². The van der Waals surface area contributed by atoms with E-state index in [0.717, 1.165) is 11.3 Å². The number of hydrogen-bond donors (Lipinski definition) is 1. The Kier molecular flexibility index (Phi) is 6.09. The molecule has 160 valence electrons. The van der Waals surface area contributed by atoms with Gasteiger partial charge in [0.05, 0.1) is 4.90 Å². The van der Waals surface area contributed by atoms with E-state index in [1.165, 1.54) is 37.9 Å². The van der Waals surface area contributed by atoms with Crippen LogP contribution in [0.25, 0.3) is 0 Å². The number of thioether (sulfide) groups is 1. The number of benzene rings is 1. The van der Waals surface area contributed by atoms with E-state index >= 15 is 0 Å². The van der Waals surface area contributed by atoms with Crippen molar-refractivity contribution in [2.24, 2.45) is 5.10 Å². The summed E-state index contributed by atoms with van der Waals surface area (Å²) in [6.45, 7) is 6.25. The molecule has 1 aromatic carbocycles. The standard InChI is InChI=1S/C18H25N3O6S2/c1-17(2,3)27-16(23)21(24)18(4)14(19-20(5)15(18)22)11-8-9-13(29(7,25)26)12(10-11)28-6/h8-10,24H,1-7H3. The summed E-state index contributed by atoms with van der Waals surface area (Å²) < 4.78 is 29.2. The van der Waals surface area contributed by atoms with Crippen molar-refractivity contribution in [1.29, 1.82) is 0 Å². The second-order valence-corrected chi connectivity index (χ2v) is 10.6. The zero-order valence-electron chi connectivity index (χ0n) is 17.4. The van der Waals surface area contributed by atoms with Gasteiger partial charge in [0.2, 0.25) is 0 Å². The molecule has 29 heavy (non-hydrogen) atoms. The van der Waals surface area contributed by atoms with Crippen molar-refractivity contribution < 1.29 is 28.0 Å². The Bertz CT molecular complexity index is 984. The lowest BCUT2D eigenvalue weighted by molar-refractivity contribution is -0.161. The smallest absolute Gasteiger partial charge is 0.435 e. The number of carbonyl (C=O) groups is 2. The van der Waals surface area contributed by atoms with E-state index in [2.05, 4.69) is 5.10 Å². The number of likely N-dealkylation sites (N-methyl/N-ethyl adjacent to an activating group) is 1. The largest absolute Gasteiger partial charge is 0.442 e. The van der Waals surface area contributed by atoms with Gasteiger partial charge in [-0.3, -0.25) is 10.0 Å². The molecule has 0 aromatic heterocycles.